The minimum absolute atomic E-state index is 0. The lowest BCUT2D eigenvalue weighted by atomic mass is 10.0. The van der Waals surface area contributed by atoms with Crippen LogP contribution in [-0.2, 0) is 6.42 Å². The summed E-state index contributed by atoms with van der Waals surface area (Å²) >= 11 is 0. The van der Waals surface area contributed by atoms with Crippen LogP contribution in [0, 0.1) is 0 Å². The van der Waals surface area contributed by atoms with Crippen LogP contribution in [-0.4, -0.2) is 71.0 Å². The molecule has 0 spiro atoms. The first-order chi connectivity index (χ1) is 13.5. The average molecular weight is 520 g/mol. The van der Waals surface area contributed by atoms with Crippen LogP contribution >= 0.6 is 24.0 Å². The van der Waals surface area contributed by atoms with Crippen LogP contribution in [0.25, 0.3) is 0 Å². The highest BCUT2D eigenvalue weighted by Crippen LogP contribution is 2.34. The number of ether oxygens (including phenoxy) is 3. The molecule has 0 atom stereocenters. The van der Waals surface area contributed by atoms with Gasteiger partial charge in [-0.1, -0.05) is 0 Å². The summed E-state index contributed by atoms with van der Waals surface area (Å²) in [5.74, 6) is 3.09. The van der Waals surface area contributed by atoms with Gasteiger partial charge in [0.15, 0.2) is 5.96 Å². The number of nitrogens with zero attached hydrogens (tertiary/aromatic N) is 2. The molecule has 0 amide bonds. The molecule has 0 bridgehead atoms. The molecule has 1 saturated heterocycles. The fraction of sp³-hybridized carbons (Fsp3) is 0.667. The molecular formula is C21H37IN4O3. The van der Waals surface area contributed by atoms with Crippen molar-refractivity contribution in [3.63, 3.8) is 0 Å². The number of benzene rings is 1. The SMILES string of the molecule is CN=C(NCCc1c(OC)cc(OC)cc1OC)NC1CCN(C(C)C)CC1.I. The molecule has 166 valence electrons. The van der Waals surface area contributed by atoms with Gasteiger partial charge in [-0.2, -0.15) is 0 Å². The van der Waals surface area contributed by atoms with E-state index in [0.29, 0.717) is 12.1 Å². The van der Waals surface area contributed by atoms with E-state index >= 15 is 0 Å². The van der Waals surface area contributed by atoms with E-state index in [4.69, 9.17) is 14.2 Å². The first kappa shape index (κ1) is 25.6. The van der Waals surface area contributed by atoms with E-state index < -0.39 is 0 Å². The third-order valence-electron chi connectivity index (χ3n) is 5.31. The summed E-state index contributed by atoms with van der Waals surface area (Å²) in [5, 5.41) is 6.97. The highest BCUT2D eigenvalue weighted by atomic mass is 127. The quantitative estimate of drug-likeness (QED) is 0.312. The van der Waals surface area contributed by atoms with Crippen LogP contribution in [0.5, 0.6) is 17.2 Å². The number of likely N-dealkylation sites (tertiary alicyclic amines) is 1. The van der Waals surface area contributed by atoms with E-state index in [0.717, 1.165) is 67.7 Å². The lowest BCUT2D eigenvalue weighted by molar-refractivity contribution is 0.167. The molecule has 29 heavy (non-hydrogen) atoms. The number of rotatable bonds is 8. The van der Waals surface area contributed by atoms with Crippen LogP contribution in [0.2, 0.25) is 0 Å². The van der Waals surface area contributed by atoms with Crippen LogP contribution in [0.4, 0.5) is 0 Å². The minimum Gasteiger partial charge on any atom is -0.496 e. The highest BCUT2D eigenvalue weighted by molar-refractivity contribution is 14.0. The monoisotopic (exact) mass is 520 g/mol. The summed E-state index contributed by atoms with van der Waals surface area (Å²) in [7, 11) is 6.77. The molecule has 7 nitrogen and oxygen atoms in total. The molecular weight excluding hydrogens is 483 g/mol. The van der Waals surface area contributed by atoms with Crippen molar-refractivity contribution in [2.45, 2.75) is 45.2 Å². The molecule has 1 aromatic carbocycles. The molecule has 1 aromatic rings. The topological polar surface area (TPSA) is 67.4 Å². The number of hydrogen-bond acceptors (Lipinski definition) is 5. The number of methoxy groups -OCH3 is 3. The van der Waals surface area contributed by atoms with Crippen LogP contribution in [0.15, 0.2) is 17.1 Å². The second kappa shape index (κ2) is 13.0. The van der Waals surface area contributed by atoms with Crippen LogP contribution in [0.1, 0.15) is 32.3 Å². The van der Waals surface area contributed by atoms with Gasteiger partial charge in [-0.05, 0) is 33.1 Å². The standard InChI is InChI=1S/C21H36N4O3.HI/c1-15(2)25-11-8-16(9-12-25)24-21(22-3)23-10-7-18-19(27-5)13-17(26-4)14-20(18)28-6;/h13-16H,7-12H2,1-6H3,(H2,22,23,24);1H. The van der Waals surface area contributed by atoms with Crippen molar-refractivity contribution in [3.8, 4) is 17.2 Å². The maximum Gasteiger partial charge on any atom is 0.191 e. The molecule has 1 aliphatic rings. The van der Waals surface area contributed by atoms with Gasteiger partial charge in [0.2, 0.25) is 0 Å². The van der Waals surface area contributed by atoms with Crippen molar-refractivity contribution in [2.75, 3.05) is 48.0 Å². The molecule has 0 aromatic heterocycles. The molecule has 1 heterocycles. The Labute approximate surface area is 192 Å². The second-order valence-electron chi connectivity index (χ2n) is 7.31. The predicted octanol–water partition coefficient (Wildman–Crippen LogP) is 2.91. The smallest absolute Gasteiger partial charge is 0.191 e. The van der Waals surface area contributed by atoms with Crippen molar-refractivity contribution in [3.05, 3.63) is 17.7 Å². The maximum absolute atomic E-state index is 5.53. The fourth-order valence-corrected chi connectivity index (χ4v) is 3.58. The molecule has 0 aliphatic carbocycles. The van der Waals surface area contributed by atoms with Crippen LogP contribution in [0.3, 0.4) is 0 Å². The van der Waals surface area contributed by atoms with Gasteiger partial charge in [0.25, 0.3) is 0 Å². The Morgan fingerprint density at radius 3 is 2.14 bits per heavy atom. The maximum atomic E-state index is 5.53. The van der Waals surface area contributed by atoms with Gasteiger partial charge in [0, 0.05) is 56.5 Å². The van der Waals surface area contributed by atoms with Gasteiger partial charge in [-0.25, -0.2) is 0 Å². The van der Waals surface area contributed by atoms with E-state index in [-0.39, 0.29) is 24.0 Å². The molecule has 8 heteroatoms. The number of nitrogens with one attached hydrogen (secondary N) is 2. The molecule has 0 unspecified atom stereocenters. The van der Waals surface area contributed by atoms with Gasteiger partial charge in [-0.3, -0.25) is 4.99 Å². The zero-order chi connectivity index (χ0) is 20.5. The molecule has 0 radical (unpaired) electrons. The van der Waals surface area contributed by atoms with E-state index in [9.17, 15) is 0 Å². The van der Waals surface area contributed by atoms with Crippen molar-refractivity contribution in [1.82, 2.24) is 15.5 Å². The lowest BCUT2D eigenvalue weighted by Gasteiger charge is -2.35. The number of piperidine rings is 1. The first-order valence-electron chi connectivity index (χ1n) is 10.0. The Hall–Kier alpha value is -1.42. The Morgan fingerprint density at radius 2 is 1.69 bits per heavy atom. The van der Waals surface area contributed by atoms with Crippen LogP contribution < -0.4 is 24.8 Å². The Balaban J connectivity index is 0.00000420. The first-order valence-corrected chi connectivity index (χ1v) is 10.0. The summed E-state index contributed by atoms with van der Waals surface area (Å²) in [4.78, 5) is 6.90. The Morgan fingerprint density at radius 1 is 1.10 bits per heavy atom. The third-order valence-corrected chi connectivity index (χ3v) is 5.31. The molecule has 1 aliphatic heterocycles. The van der Waals surface area contributed by atoms with Gasteiger partial charge in [-0.15, -0.1) is 24.0 Å². The van der Waals surface area contributed by atoms with Crippen molar-refractivity contribution >= 4 is 29.9 Å². The zero-order valence-electron chi connectivity index (χ0n) is 18.6. The number of hydrogen-bond donors (Lipinski definition) is 2. The van der Waals surface area contributed by atoms with E-state index in [1.165, 1.54) is 0 Å². The predicted molar refractivity (Wildman–Crippen MR) is 129 cm³/mol. The fourth-order valence-electron chi connectivity index (χ4n) is 3.58. The third kappa shape index (κ3) is 7.40. The zero-order valence-corrected chi connectivity index (χ0v) is 20.9. The van der Waals surface area contributed by atoms with E-state index in [2.05, 4.69) is 34.4 Å². The highest BCUT2D eigenvalue weighted by Gasteiger charge is 2.21. The number of guanidine groups is 1. The largest absolute Gasteiger partial charge is 0.496 e. The molecule has 2 rings (SSSR count). The number of halogens is 1. The van der Waals surface area contributed by atoms with Crippen molar-refractivity contribution in [1.29, 1.82) is 0 Å². The summed E-state index contributed by atoms with van der Waals surface area (Å²) < 4.78 is 16.4. The Kier molecular flexibility index (Phi) is 11.5. The van der Waals surface area contributed by atoms with E-state index in [1.54, 1.807) is 21.3 Å². The van der Waals surface area contributed by atoms with Gasteiger partial charge < -0.3 is 29.7 Å². The second-order valence-corrected chi connectivity index (χ2v) is 7.31. The van der Waals surface area contributed by atoms with Crippen molar-refractivity contribution in [2.24, 2.45) is 4.99 Å². The van der Waals surface area contributed by atoms with Crippen molar-refractivity contribution < 1.29 is 14.2 Å². The average Bonchev–Trinajstić information content (AvgIpc) is 2.72. The summed E-state index contributed by atoms with van der Waals surface area (Å²) in [5.41, 5.74) is 1.01. The molecule has 1 fully saturated rings. The van der Waals surface area contributed by atoms with Gasteiger partial charge in [0.05, 0.1) is 21.3 Å². The molecule has 0 saturated carbocycles. The number of aliphatic imine (C=N–C) groups is 1. The normalized spacial score (nSPS) is 15.6. The lowest BCUT2D eigenvalue weighted by Crippen LogP contribution is -2.50. The Bertz CT molecular complexity index is 622. The summed E-state index contributed by atoms with van der Waals surface area (Å²) in [6.45, 7) is 7.51. The van der Waals surface area contributed by atoms with Gasteiger partial charge >= 0.3 is 0 Å². The minimum atomic E-state index is 0. The molecule has 2 N–H and O–H groups in total. The van der Waals surface area contributed by atoms with E-state index in [1.807, 2.05) is 19.2 Å². The summed E-state index contributed by atoms with van der Waals surface area (Å²) in [6, 6.07) is 4.85. The van der Waals surface area contributed by atoms with Gasteiger partial charge in [0.1, 0.15) is 17.2 Å². The summed E-state index contributed by atoms with van der Waals surface area (Å²) in [6.07, 6.45) is 3.03.